The van der Waals surface area contributed by atoms with Crippen LogP contribution in [0.3, 0.4) is 0 Å². The largest absolute Gasteiger partial charge is 0.374 e. The van der Waals surface area contributed by atoms with Gasteiger partial charge in [-0.25, -0.2) is 0 Å². The Balaban J connectivity index is 1.05. The van der Waals surface area contributed by atoms with Crippen molar-refractivity contribution in [1.82, 2.24) is 0 Å². The SMILES string of the molecule is COC1OC(CO[C@H]2C[C@@H](OCc3ccccc3)C(OCc3ccccc3)C(COCc3ccccc3)O2)C(OCc2ccccc2)C(OCc2ccccc2)C1OCc1ccccc1. The van der Waals surface area contributed by atoms with E-state index in [1.165, 1.54) is 0 Å². The van der Waals surface area contributed by atoms with Crippen molar-refractivity contribution in [3.05, 3.63) is 215 Å². The minimum absolute atomic E-state index is 0.0964. The maximum atomic E-state index is 6.84. The first-order valence-corrected chi connectivity index (χ1v) is 22.5. The Hall–Kier alpha value is -5.08. The number of methoxy groups -OCH3 is 1. The van der Waals surface area contributed by atoms with Gasteiger partial charge in [0.05, 0.1) is 59.0 Å². The van der Waals surface area contributed by atoms with Gasteiger partial charge in [-0.3, -0.25) is 0 Å². The van der Waals surface area contributed by atoms with E-state index in [4.69, 9.17) is 47.4 Å². The van der Waals surface area contributed by atoms with Gasteiger partial charge in [0.15, 0.2) is 12.6 Å². The van der Waals surface area contributed by atoms with Crippen molar-refractivity contribution in [2.45, 2.75) is 101 Å². The molecule has 2 heterocycles. The molecule has 0 aromatic heterocycles. The van der Waals surface area contributed by atoms with Crippen molar-refractivity contribution in [2.75, 3.05) is 20.3 Å². The van der Waals surface area contributed by atoms with Gasteiger partial charge in [-0.2, -0.15) is 0 Å². The van der Waals surface area contributed by atoms with Gasteiger partial charge < -0.3 is 47.4 Å². The third kappa shape index (κ3) is 14.0. The first kappa shape index (κ1) is 46.4. The van der Waals surface area contributed by atoms with Gasteiger partial charge in [0, 0.05) is 13.5 Å². The van der Waals surface area contributed by atoms with Gasteiger partial charge in [0.25, 0.3) is 0 Å². The molecule has 2 aliphatic rings. The van der Waals surface area contributed by atoms with E-state index in [1.54, 1.807) is 7.11 Å². The Labute approximate surface area is 383 Å². The number of hydrogen-bond acceptors (Lipinski definition) is 10. The van der Waals surface area contributed by atoms with E-state index < -0.39 is 55.3 Å². The second-order valence-corrected chi connectivity index (χ2v) is 16.3. The number of hydrogen-bond donors (Lipinski definition) is 0. The van der Waals surface area contributed by atoms with E-state index >= 15 is 0 Å². The summed E-state index contributed by atoms with van der Waals surface area (Å²) in [5.74, 6) is 0. The van der Waals surface area contributed by atoms with Gasteiger partial charge >= 0.3 is 0 Å². The zero-order valence-electron chi connectivity index (χ0n) is 37.0. The van der Waals surface area contributed by atoms with Crippen LogP contribution in [0.2, 0.25) is 0 Å². The third-order valence-corrected chi connectivity index (χ3v) is 11.6. The van der Waals surface area contributed by atoms with Crippen LogP contribution in [0.1, 0.15) is 39.8 Å². The van der Waals surface area contributed by atoms with Crippen LogP contribution in [0.5, 0.6) is 0 Å². The van der Waals surface area contributed by atoms with Crippen LogP contribution >= 0.6 is 0 Å². The Morgan fingerprint density at radius 1 is 0.369 bits per heavy atom. The molecule has 0 radical (unpaired) electrons. The molecule has 0 spiro atoms. The van der Waals surface area contributed by atoms with E-state index in [0.29, 0.717) is 46.1 Å². The van der Waals surface area contributed by atoms with Crippen molar-refractivity contribution >= 4 is 0 Å². The summed E-state index contributed by atoms with van der Waals surface area (Å²) in [6.45, 7) is 2.51. The average molecular weight is 881 g/mol. The highest BCUT2D eigenvalue weighted by Crippen LogP contribution is 2.33. The summed E-state index contributed by atoms with van der Waals surface area (Å²) >= 11 is 0. The highest BCUT2D eigenvalue weighted by atomic mass is 16.7. The Morgan fingerprint density at radius 2 is 0.738 bits per heavy atom. The first-order chi connectivity index (χ1) is 32.2. The molecule has 0 saturated carbocycles. The van der Waals surface area contributed by atoms with E-state index in [0.717, 1.165) is 33.4 Å². The fourth-order valence-corrected chi connectivity index (χ4v) is 8.19. The van der Waals surface area contributed by atoms with E-state index in [9.17, 15) is 0 Å². The number of ether oxygens (including phenoxy) is 10. The molecule has 6 aromatic rings. The lowest BCUT2D eigenvalue weighted by Gasteiger charge is -2.46. The molecule has 10 nitrogen and oxygen atoms in total. The topological polar surface area (TPSA) is 92.3 Å². The molecule has 65 heavy (non-hydrogen) atoms. The van der Waals surface area contributed by atoms with Gasteiger partial charge in [-0.1, -0.05) is 182 Å². The highest BCUT2D eigenvalue weighted by molar-refractivity contribution is 5.18. The first-order valence-electron chi connectivity index (χ1n) is 22.5. The van der Waals surface area contributed by atoms with E-state index in [-0.39, 0.29) is 13.2 Å². The third-order valence-electron chi connectivity index (χ3n) is 11.6. The fourth-order valence-electron chi connectivity index (χ4n) is 8.19. The molecule has 6 aromatic carbocycles. The maximum absolute atomic E-state index is 6.84. The van der Waals surface area contributed by atoms with Crippen molar-refractivity contribution in [1.29, 1.82) is 0 Å². The fraction of sp³-hybridized carbons (Fsp3) is 0.345. The molecule has 9 atom stereocenters. The summed E-state index contributed by atoms with van der Waals surface area (Å²) in [6.07, 6.45) is -5.02. The predicted octanol–water partition coefficient (Wildman–Crippen LogP) is 9.63. The Kier molecular flexibility index (Phi) is 17.9. The zero-order chi connectivity index (χ0) is 44.3. The molecule has 7 unspecified atom stereocenters. The number of rotatable bonds is 23. The molecule has 0 bridgehead atoms. The average Bonchev–Trinajstić information content (AvgIpc) is 3.37. The molecule has 0 aliphatic carbocycles. The molecular weight excluding hydrogens is 821 g/mol. The molecular formula is C55H60O10. The minimum Gasteiger partial charge on any atom is -0.374 e. The van der Waals surface area contributed by atoms with Crippen LogP contribution in [-0.2, 0) is 87.0 Å². The van der Waals surface area contributed by atoms with Crippen molar-refractivity contribution in [3.8, 4) is 0 Å². The summed E-state index contributed by atoms with van der Waals surface area (Å²) in [5.41, 5.74) is 6.22. The summed E-state index contributed by atoms with van der Waals surface area (Å²) in [7, 11) is 1.62. The van der Waals surface area contributed by atoms with Crippen molar-refractivity contribution in [2.24, 2.45) is 0 Å². The summed E-state index contributed by atoms with van der Waals surface area (Å²) < 4.78 is 66.6. The maximum Gasteiger partial charge on any atom is 0.186 e. The lowest BCUT2D eigenvalue weighted by Crippen LogP contribution is -2.62. The molecule has 2 aliphatic heterocycles. The molecule has 8 rings (SSSR count). The summed E-state index contributed by atoms with van der Waals surface area (Å²) in [4.78, 5) is 0. The molecule has 0 N–H and O–H groups in total. The van der Waals surface area contributed by atoms with Gasteiger partial charge in [0.2, 0.25) is 0 Å². The number of benzene rings is 6. The lowest BCUT2D eigenvalue weighted by molar-refractivity contribution is -0.334. The monoisotopic (exact) mass is 880 g/mol. The Bertz CT molecular complexity index is 2190. The van der Waals surface area contributed by atoms with Crippen LogP contribution in [-0.4, -0.2) is 75.6 Å². The molecule has 10 heteroatoms. The second kappa shape index (κ2) is 25.0. The zero-order valence-corrected chi connectivity index (χ0v) is 37.0. The van der Waals surface area contributed by atoms with Crippen LogP contribution in [0.15, 0.2) is 182 Å². The summed E-state index contributed by atoms with van der Waals surface area (Å²) in [6, 6.07) is 60.6. The second-order valence-electron chi connectivity index (χ2n) is 16.3. The van der Waals surface area contributed by atoms with Crippen molar-refractivity contribution in [3.63, 3.8) is 0 Å². The quantitative estimate of drug-likeness (QED) is 0.0620. The minimum atomic E-state index is -0.797. The highest BCUT2D eigenvalue weighted by Gasteiger charge is 2.50. The molecule has 2 fully saturated rings. The standard InChI is InChI=1S/C55H60O10/c1-56-55-54(63-38-46-30-18-7-19-31-46)53(62-37-45-28-16-6-17-29-45)52(61-36-44-26-14-5-15-27-44)49(65-55)40-59-50-32-47(58-34-42-22-10-3-11-23-42)51(60-35-43-24-12-4-13-25-43)48(64-50)39-57-33-41-20-8-2-9-21-41/h2-31,47-55H,32-40H2,1H3/t47-,48?,49?,50-,51?,52?,53?,54?,55?/m1/s1. The molecule has 0 amide bonds. The molecule has 2 saturated heterocycles. The van der Waals surface area contributed by atoms with Gasteiger partial charge in [0.1, 0.15) is 36.6 Å². The van der Waals surface area contributed by atoms with Crippen molar-refractivity contribution < 1.29 is 47.4 Å². The van der Waals surface area contributed by atoms with E-state index in [1.807, 2.05) is 158 Å². The van der Waals surface area contributed by atoms with Crippen LogP contribution in [0, 0.1) is 0 Å². The van der Waals surface area contributed by atoms with Gasteiger partial charge in [-0.15, -0.1) is 0 Å². The predicted molar refractivity (Wildman–Crippen MR) is 246 cm³/mol. The summed E-state index contributed by atoms with van der Waals surface area (Å²) in [5, 5.41) is 0. The van der Waals surface area contributed by atoms with Gasteiger partial charge in [-0.05, 0) is 33.4 Å². The Morgan fingerprint density at radius 3 is 1.18 bits per heavy atom. The lowest BCUT2D eigenvalue weighted by atomic mass is 9.97. The normalized spacial score (nSPS) is 24.4. The van der Waals surface area contributed by atoms with E-state index in [2.05, 4.69) is 24.3 Å². The van der Waals surface area contributed by atoms with Crippen LogP contribution < -0.4 is 0 Å². The smallest absolute Gasteiger partial charge is 0.186 e. The van der Waals surface area contributed by atoms with Crippen LogP contribution in [0.4, 0.5) is 0 Å². The van der Waals surface area contributed by atoms with Crippen LogP contribution in [0.25, 0.3) is 0 Å². The molecule has 340 valence electrons.